The fourth-order valence-corrected chi connectivity index (χ4v) is 4.33. The molecule has 5 rings (SSSR count). The van der Waals surface area contributed by atoms with E-state index in [4.69, 9.17) is 4.52 Å². The van der Waals surface area contributed by atoms with Crippen molar-refractivity contribution in [3.05, 3.63) is 53.2 Å². The molecule has 4 heterocycles. The molecule has 0 saturated carbocycles. The van der Waals surface area contributed by atoms with Gasteiger partial charge in [-0.05, 0) is 6.42 Å². The van der Waals surface area contributed by atoms with Gasteiger partial charge in [0.2, 0.25) is 17.7 Å². The first kappa shape index (κ1) is 21.2. The highest BCUT2D eigenvalue weighted by molar-refractivity contribution is 5.97. The molecule has 1 aromatic carbocycles. The van der Waals surface area contributed by atoms with E-state index >= 15 is 0 Å². The molecule has 1 saturated heterocycles. The summed E-state index contributed by atoms with van der Waals surface area (Å²) in [6.07, 6.45) is 2.56. The van der Waals surface area contributed by atoms with Crippen LogP contribution in [-0.2, 0) is 22.6 Å². The highest BCUT2D eigenvalue weighted by atomic mass is 19.2. The maximum absolute atomic E-state index is 13.5. The standard InChI is InChI=1S/C21H19F3N6O3/c1-10-26-20(28-33-10)12-5-18(31)29(9-12)17-8-25-30-3-2-11(4-16(17)30)21(32)27-13-6-14(22)19(24)15(23)7-13/h6-8,11-12H,2-5,9H2,1H3,(H,27,32). The summed E-state index contributed by atoms with van der Waals surface area (Å²) in [6.45, 7) is 2.48. The van der Waals surface area contributed by atoms with Gasteiger partial charge in [0.25, 0.3) is 0 Å². The number of carbonyl (C=O) groups excluding carboxylic acids is 2. The number of hydrogen-bond donors (Lipinski definition) is 1. The predicted molar refractivity (Wildman–Crippen MR) is 108 cm³/mol. The van der Waals surface area contributed by atoms with Crippen LogP contribution in [0.25, 0.3) is 0 Å². The quantitative estimate of drug-likeness (QED) is 0.600. The SMILES string of the molecule is Cc1nc(C2CC(=O)N(c3cnn4c3CC(C(=O)Nc3cc(F)c(F)c(F)c3)CC4)C2)no1. The summed E-state index contributed by atoms with van der Waals surface area (Å²) in [6, 6.07) is 1.47. The Morgan fingerprint density at radius 2 is 1.97 bits per heavy atom. The van der Waals surface area contributed by atoms with Crippen molar-refractivity contribution in [1.29, 1.82) is 0 Å². The first-order valence-electron chi connectivity index (χ1n) is 10.4. The number of anilines is 2. The van der Waals surface area contributed by atoms with E-state index in [0.29, 0.717) is 36.9 Å². The van der Waals surface area contributed by atoms with E-state index in [0.717, 1.165) is 17.8 Å². The Balaban J connectivity index is 1.32. The second kappa shape index (κ2) is 8.01. The monoisotopic (exact) mass is 460 g/mol. The third-order valence-electron chi connectivity index (χ3n) is 6.00. The summed E-state index contributed by atoms with van der Waals surface area (Å²) in [5.74, 6) is -4.75. The number of aromatic nitrogens is 4. The van der Waals surface area contributed by atoms with Crippen LogP contribution in [0.2, 0.25) is 0 Å². The van der Waals surface area contributed by atoms with Gasteiger partial charge in [-0.2, -0.15) is 10.1 Å². The third kappa shape index (κ3) is 3.85. The van der Waals surface area contributed by atoms with Crippen LogP contribution in [0, 0.1) is 30.3 Å². The fourth-order valence-electron chi connectivity index (χ4n) is 4.33. The van der Waals surface area contributed by atoms with Crippen molar-refractivity contribution in [2.24, 2.45) is 5.92 Å². The Labute approximate surface area is 185 Å². The van der Waals surface area contributed by atoms with Crippen LogP contribution in [0.5, 0.6) is 0 Å². The third-order valence-corrected chi connectivity index (χ3v) is 6.00. The van der Waals surface area contributed by atoms with Gasteiger partial charge < -0.3 is 14.7 Å². The maximum Gasteiger partial charge on any atom is 0.227 e. The van der Waals surface area contributed by atoms with Gasteiger partial charge in [0.05, 0.1) is 17.6 Å². The van der Waals surface area contributed by atoms with Gasteiger partial charge >= 0.3 is 0 Å². The van der Waals surface area contributed by atoms with Crippen molar-refractivity contribution < 1.29 is 27.3 Å². The average Bonchev–Trinajstić information content (AvgIpc) is 3.49. The lowest BCUT2D eigenvalue weighted by Gasteiger charge is -2.25. The summed E-state index contributed by atoms with van der Waals surface area (Å²) in [4.78, 5) is 31.3. The minimum atomic E-state index is -1.59. The fraction of sp³-hybridized carbons (Fsp3) is 0.381. The number of benzene rings is 1. The van der Waals surface area contributed by atoms with Crippen molar-refractivity contribution in [3.63, 3.8) is 0 Å². The van der Waals surface area contributed by atoms with Crippen molar-refractivity contribution in [2.75, 3.05) is 16.8 Å². The second-order valence-electron chi connectivity index (χ2n) is 8.21. The number of hydrogen-bond acceptors (Lipinski definition) is 6. The molecule has 2 aromatic heterocycles. The van der Waals surface area contributed by atoms with Crippen molar-refractivity contribution in [1.82, 2.24) is 19.9 Å². The Kier molecular flexibility index (Phi) is 5.14. The highest BCUT2D eigenvalue weighted by Crippen LogP contribution is 2.35. The zero-order valence-electron chi connectivity index (χ0n) is 17.5. The van der Waals surface area contributed by atoms with E-state index in [1.165, 1.54) is 0 Å². The minimum absolute atomic E-state index is 0.109. The Hall–Kier alpha value is -3.70. The lowest BCUT2D eigenvalue weighted by atomic mass is 9.94. The Morgan fingerprint density at radius 3 is 2.67 bits per heavy atom. The molecule has 1 fully saturated rings. The highest BCUT2D eigenvalue weighted by Gasteiger charge is 2.38. The van der Waals surface area contributed by atoms with E-state index in [2.05, 4.69) is 20.6 Å². The number of nitrogens with one attached hydrogen (secondary N) is 1. The molecule has 2 amide bonds. The van der Waals surface area contributed by atoms with Gasteiger partial charge in [-0.3, -0.25) is 14.3 Å². The molecule has 33 heavy (non-hydrogen) atoms. The molecule has 2 unspecified atom stereocenters. The zero-order valence-corrected chi connectivity index (χ0v) is 17.5. The average molecular weight is 460 g/mol. The predicted octanol–water partition coefficient (Wildman–Crippen LogP) is 2.71. The largest absolute Gasteiger partial charge is 0.340 e. The summed E-state index contributed by atoms with van der Waals surface area (Å²) in [7, 11) is 0. The van der Waals surface area contributed by atoms with Crippen molar-refractivity contribution in [2.45, 2.75) is 38.6 Å². The summed E-state index contributed by atoms with van der Waals surface area (Å²) < 4.78 is 46.9. The number of amides is 2. The van der Waals surface area contributed by atoms with Crippen molar-refractivity contribution >= 4 is 23.2 Å². The van der Waals surface area contributed by atoms with Gasteiger partial charge in [-0.1, -0.05) is 5.16 Å². The van der Waals surface area contributed by atoms with Crippen LogP contribution in [0.1, 0.15) is 36.2 Å². The number of carbonyl (C=O) groups is 2. The van der Waals surface area contributed by atoms with E-state index in [1.54, 1.807) is 22.7 Å². The van der Waals surface area contributed by atoms with Crippen LogP contribution >= 0.6 is 0 Å². The molecule has 12 heteroatoms. The first-order chi connectivity index (χ1) is 15.8. The van der Waals surface area contributed by atoms with Crippen LogP contribution < -0.4 is 10.2 Å². The van der Waals surface area contributed by atoms with E-state index < -0.39 is 29.3 Å². The molecule has 1 N–H and O–H groups in total. The van der Waals surface area contributed by atoms with E-state index in [1.807, 2.05) is 0 Å². The molecular formula is C21H19F3N6O3. The van der Waals surface area contributed by atoms with Gasteiger partial charge in [0.1, 0.15) is 0 Å². The normalized spacial score (nSPS) is 20.2. The maximum atomic E-state index is 13.5. The van der Waals surface area contributed by atoms with Crippen LogP contribution in [-0.4, -0.2) is 38.3 Å². The number of aryl methyl sites for hydroxylation is 2. The Bertz CT molecular complexity index is 1230. The number of rotatable bonds is 4. The van der Waals surface area contributed by atoms with Gasteiger partial charge in [-0.15, -0.1) is 0 Å². The lowest BCUT2D eigenvalue weighted by Crippen LogP contribution is -2.32. The van der Waals surface area contributed by atoms with Gasteiger partial charge in [0.15, 0.2) is 23.3 Å². The molecule has 0 spiro atoms. The molecule has 2 aliphatic rings. The summed E-state index contributed by atoms with van der Waals surface area (Å²) in [5.41, 5.74) is 1.17. The van der Waals surface area contributed by atoms with Crippen LogP contribution in [0.4, 0.5) is 24.5 Å². The molecule has 0 aliphatic carbocycles. The van der Waals surface area contributed by atoms with Crippen LogP contribution in [0.15, 0.2) is 22.9 Å². The molecule has 0 radical (unpaired) electrons. The summed E-state index contributed by atoms with van der Waals surface area (Å²) in [5, 5.41) is 10.7. The zero-order chi connectivity index (χ0) is 23.3. The molecule has 0 bridgehead atoms. The topological polar surface area (TPSA) is 106 Å². The molecular weight excluding hydrogens is 441 g/mol. The van der Waals surface area contributed by atoms with Gasteiger partial charge in [-0.25, -0.2) is 13.2 Å². The van der Waals surface area contributed by atoms with Crippen LogP contribution in [0.3, 0.4) is 0 Å². The Morgan fingerprint density at radius 1 is 1.21 bits per heavy atom. The molecule has 2 aliphatic heterocycles. The number of halogens is 3. The van der Waals surface area contributed by atoms with Crippen molar-refractivity contribution in [3.8, 4) is 0 Å². The molecule has 3 aromatic rings. The molecule has 9 nitrogen and oxygen atoms in total. The number of nitrogens with zero attached hydrogens (tertiary/aromatic N) is 5. The van der Waals surface area contributed by atoms with Gasteiger partial charge in [0, 0.05) is 62.5 Å². The lowest BCUT2D eigenvalue weighted by molar-refractivity contribution is -0.120. The molecule has 172 valence electrons. The second-order valence-corrected chi connectivity index (χ2v) is 8.21. The molecule has 2 atom stereocenters. The van der Waals surface area contributed by atoms with E-state index in [-0.39, 0.29) is 30.4 Å². The summed E-state index contributed by atoms with van der Waals surface area (Å²) >= 11 is 0. The first-order valence-corrected chi connectivity index (χ1v) is 10.4. The van der Waals surface area contributed by atoms with E-state index in [9.17, 15) is 22.8 Å². The smallest absolute Gasteiger partial charge is 0.227 e. The minimum Gasteiger partial charge on any atom is -0.340 e. The number of fused-ring (bicyclic) bond motifs is 1.